The number of carbonyl (C=O) groups excluding carboxylic acids is 1. The molecule has 0 aliphatic carbocycles. The van der Waals surface area contributed by atoms with E-state index in [0.29, 0.717) is 6.61 Å². The third kappa shape index (κ3) is 2.41. The first kappa shape index (κ1) is 11.1. The number of amides is 1. The van der Waals surface area contributed by atoms with Crippen molar-refractivity contribution < 1.29 is 9.53 Å². The summed E-state index contributed by atoms with van der Waals surface area (Å²) >= 11 is 0. The molecule has 5 nitrogen and oxygen atoms in total. The second kappa shape index (κ2) is 5.12. The molecule has 1 fully saturated rings. The number of hydrogen-bond acceptors (Lipinski definition) is 3. The van der Waals surface area contributed by atoms with Gasteiger partial charge in [-0.2, -0.15) is 0 Å². The van der Waals surface area contributed by atoms with Crippen molar-refractivity contribution in [2.75, 3.05) is 6.61 Å². The summed E-state index contributed by atoms with van der Waals surface area (Å²) in [6.07, 6.45) is 5.78. The number of ether oxygens (including phenoxy) is 1. The maximum atomic E-state index is 11.8. The summed E-state index contributed by atoms with van der Waals surface area (Å²) < 4.78 is 5.33. The first-order chi connectivity index (χ1) is 7.81. The highest BCUT2D eigenvalue weighted by Gasteiger charge is 2.26. The Bertz CT molecular complexity index is 331. The molecule has 2 heterocycles. The molecule has 16 heavy (non-hydrogen) atoms. The van der Waals surface area contributed by atoms with Crippen LogP contribution < -0.4 is 5.32 Å². The van der Waals surface area contributed by atoms with Crippen molar-refractivity contribution in [3.63, 3.8) is 0 Å². The summed E-state index contributed by atoms with van der Waals surface area (Å²) in [7, 11) is 0. The fourth-order valence-electron chi connectivity index (χ4n) is 1.88. The number of rotatable bonds is 4. The van der Waals surface area contributed by atoms with Gasteiger partial charge in [-0.1, -0.05) is 6.92 Å². The molecule has 2 rings (SSSR count). The number of H-pyrrole nitrogens is 1. The van der Waals surface area contributed by atoms with E-state index in [4.69, 9.17) is 4.74 Å². The molecule has 0 radical (unpaired) electrons. The lowest BCUT2D eigenvalue weighted by atomic mass is 10.2. The van der Waals surface area contributed by atoms with Crippen molar-refractivity contribution in [2.24, 2.45) is 0 Å². The lowest BCUT2D eigenvalue weighted by molar-refractivity contribution is -0.130. The largest absolute Gasteiger partial charge is 0.368 e. The molecule has 2 atom stereocenters. The molecular formula is C11H17N3O2. The van der Waals surface area contributed by atoms with E-state index in [-0.39, 0.29) is 18.1 Å². The zero-order valence-corrected chi connectivity index (χ0v) is 9.40. The Balaban J connectivity index is 1.93. The minimum Gasteiger partial charge on any atom is -0.368 e. The molecule has 1 amide bonds. The molecule has 2 N–H and O–H groups in total. The standard InChI is InChI=1S/C11H17N3O2/c1-2-8(10-12-5-6-13-10)14-11(15)9-4-3-7-16-9/h5-6,8-9H,2-4,7H2,1H3,(H,12,13)(H,14,15)/t8?,9-/m1/s1. The first-order valence-electron chi connectivity index (χ1n) is 5.72. The van der Waals surface area contributed by atoms with Gasteiger partial charge in [-0.15, -0.1) is 0 Å². The van der Waals surface area contributed by atoms with Gasteiger partial charge in [0, 0.05) is 19.0 Å². The number of hydrogen-bond donors (Lipinski definition) is 2. The number of aromatic amines is 1. The van der Waals surface area contributed by atoms with Gasteiger partial charge in [0.15, 0.2) is 0 Å². The van der Waals surface area contributed by atoms with E-state index in [1.165, 1.54) is 0 Å². The first-order valence-corrected chi connectivity index (χ1v) is 5.72. The second-order valence-electron chi connectivity index (χ2n) is 3.95. The van der Waals surface area contributed by atoms with Gasteiger partial charge in [0.05, 0.1) is 6.04 Å². The maximum Gasteiger partial charge on any atom is 0.249 e. The molecule has 0 aromatic carbocycles. The lowest BCUT2D eigenvalue weighted by Crippen LogP contribution is -2.37. The average Bonchev–Trinajstić information content (AvgIpc) is 2.96. The van der Waals surface area contributed by atoms with Gasteiger partial charge in [-0.25, -0.2) is 4.98 Å². The van der Waals surface area contributed by atoms with Crippen LogP contribution in [0.1, 0.15) is 38.1 Å². The van der Waals surface area contributed by atoms with E-state index in [1.807, 2.05) is 6.92 Å². The molecule has 0 bridgehead atoms. The smallest absolute Gasteiger partial charge is 0.249 e. The third-order valence-electron chi connectivity index (χ3n) is 2.80. The van der Waals surface area contributed by atoms with Crippen molar-refractivity contribution in [2.45, 2.75) is 38.3 Å². The summed E-state index contributed by atoms with van der Waals surface area (Å²) in [6, 6.07) is -0.0494. The van der Waals surface area contributed by atoms with Crippen molar-refractivity contribution in [1.82, 2.24) is 15.3 Å². The second-order valence-corrected chi connectivity index (χ2v) is 3.95. The summed E-state index contributed by atoms with van der Waals surface area (Å²) in [4.78, 5) is 19.0. The van der Waals surface area contributed by atoms with Crippen LogP contribution in [0.3, 0.4) is 0 Å². The number of nitrogens with one attached hydrogen (secondary N) is 2. The predicted octanol–water partition coefficient (Wildman–Crippen LogP) is 1.16. The monoisotopic (exact) mass is 223 g/mol. The van der Waals surface area contributed by atoms with Crippen LogP contribution in [0, 0.1) is 0 Å². The number of nitrogens with zero attached hydrogens (tertiary/aromatic N) is 1. The SMILES string of the molecule is CCC(NC(=O)[C@H]1CCCO1)c1ncc[nH]1. The maximum absolute atomic E-state index is 11.8. The fraction of sp³-hybridized carbons (Fsp3) is 0.636. The number of carbonyl (C=O) groups is 1. The van der Waals surface area contributed by atoms with Gasteiger partial charge in [0.2, 0.25) is 5.91 Å². The molecule has 1 aliphatic rings. The Morgan fingerprint density at radius 2 is 2.69 bits per heavy atom. The van der Waals surface area contributed by atoms with E-state index in [0.717, 1.165) is 25.1 Å². The summed E-state index contributed by atoms with van der Waals surface area (Å²) in [6.45, 7) is 2.71. The Morgan fingerprint density at radius 1 is 1.81 bits per heavy atom. The molecule has 1 unspecified atom stereocenters. The van der Waals surface area contributed by atoms with E-state index < -0.39 is 0 Å². The predicted molar refractivity (Wildman–Crippen MR) is 58.7 cm³/mol. The van der Waals surface area contributed by atoms with Crippen LogP contribution in [-0.4, -0.2) is 28.6 Å². The summed E-state index contributed by atoms with van der Waals surface area (Å²) in [5.74, 6) is 0.773. The van der Waals surface area contributed by atoms with E-state index in [1.54, 1.807) is 12.4 Å². The normalized spacial score (nSPS) is 21.9. The van der Waals surface area contributed by atoms with Crippen LogP contribution >= 0.6 is 0 Å². The van der Waals surface area contributed by atoms with Crippen molar-refractivity contribution >= 4 is 5.91 Å². The highest BCUT2D eigenvalue weighted by Crippen LogP contribution is 2.16. The molecule has 1 saturated heterocycles. The number of imidazole rings is 1. The Morgan fingerprint density at radius 3 is 3.25 bits per heavy atom. The molecule has 1 aliphatic heterocycles. The minimum absolute atomic E-state index is 0.0271. The van der Waals surface area contributed by atoms with Gasteiger partial charge in [-0.3, -0.25) is 4.79 Å². The zero-order valence-electron chi connectivity index (χ0n) is 9.40. The van der Waals surface area contributed by atoms with E-state index in [2.05, 4.69) is 15.3 Å². The fourth-order valence-corrected chi connectivity index (χ4v) is 1.88. The molecule has 88 valence electrons. The van der Waals surface area contributed by atoms with Crippen molar-refractivity contribution in [3.05, 3.63) is 18.2 Å². The summed E-state index contributed by atoms with van der Waals surface area (Å²) in [5.41, 5.74) is 0. The molecule has 0 spiro atoms. The van der Waals surface area contributed by atoms with Gasteiger partial charge in [0.1, 0.15) is 11.9 Å². The molecular weight excluding hydrogens is 206 g/mol. The van der Waals surface area contributed by atoms with Crippen molar-refractivity contribution in [1.29, 1.82) is 0 Å². The summed E-state index contributed by atoms with van der Waals surface area (Å²) in [5, 5.41) is 2.95. The Kier molecular flexibility index (Phi) is 3.56. The highest BCUT2D eigenvalue weighted by atomic mass is 16.5. The number of aromatic nitrogens is 2. The average molecular weight is 223 g/mol. The molecule has 1 aromatic rings. The topological polar surface area (TPSA) is 67.0 Å². The van der Waals surface area contributed by atoms with Crippen molar-refractivity contribution in [3.8, 4) is 0 Å². The van der Waals surface area contributed by atoms with Gasteiger partial charge in [-0.05, 0) is 19.3 Å². The minimum atomic E-state index is -0.274. The van der Waals surface area contributed by atoms with Crippen LogP contribution in [0.2, 0.25) is 0 Å². The van der Waals surface area contributed by atoms with E-state index in [9.17, 15) is 4.79 Å². The molecule has 0 saturated carbocycles. The van der Waals surface area contributed by atoms with Crippen LogP contribution in [0.15, 0.2) is 12.4 Å². The quantitative estimate of drug-likeness (QED) is 0.804. The van der Waals surface area contributed by atoms with Crippen LogP contribution in [0.5, 0.6) is 0 Å². The lowest BCUT2D eigenvalue weighted by Gasteiger charge is -2.17. The van der Waals surface area contributed by atoms with Gasteiger partial charge >= 0.3 is 0 Å². The van der Waals surface area contributed by atoms with Crippen LogP contribution in [0.4, 0.5) is 0 Å². The molecule has 5 heteroatoms. The van der Waals surface area contributed by atoms with E-state index >= 15 is 0 Å². The van der Waals surface area contributed by atoms with Crippen LogP contribution in [-0.2, 0) is 9.53 Å². The van der Waals surface area contributed by atoms with Gasteiger partial charge < -0.3 is 15.0 Å². The van der Waals surface area contributed by atoms with Gasteiger partial charge in [0.25, 0.3) is 0 Å². The Labute approximate surface area is 94.6 Å². The third-order valence-corrected chi connectivity index (χ3v) is 2.80. The Hall–Kier alpha value is -1.36. The van der Waals surface area contributed by atoms with Crippen LogP contribution in [0.25, 0.3) is 0 Å². The zero-order chi connectivity index (χ0) is 11.4. The molecule has 1 aromatic heterocycles. The highest BCUT2D eigenvalue weighted by molar-refractivity contribution is 5.81.